The van der Waals surface area contributed by atoms with E-state index in [0.29, 0.717) is 6.54 Å². The van der Waals surface area contributed by atoms with Crippen LogP contribution in [0.2, 0.25) is 0 Å². The predicted octanol–water partition coefficient (Wildman–Crippen LogP) is -2.89. The second-order valence-electron chi connectivity index (χ2n) is 4.09. The summed E-state index contributed by atoms with van der Waals surface area (Å²) in [5, 5.41) is 24.9. The average molecular weight is 215 g/mol. The number of hydrogen-bond donors (Lipinski definition) is 4. The van der Waals surface area contributed by atoms with Crippen LogP contribution in [0.15, 0.2) is 0 Å². The molecule has 0 spiro atoms. The largest absolute Gasteiger partial charge is 0.388 e. The summed E-state index contributed by atoms with van der Waals surface area (Å²) in [6.07, 6.45) is -1.60. The first kappa shape index (κ1) is 10.8. The fourth-order valence-electron chi connectivity index (χ4n) is 2.00. The molecule has 0 radical (unpaired) electrons. The highest BCUT2D eigenvalue weighted by molar-refractivity contribution is 5.82. The van der Waals surface area contributed by atoms with E-state index in [1.54, 1.807) is 0 Å². The topological polar surface area (TPSA) is 84.8 Å². The highest BCUT2D eigenvalue weighted by atomic mass is 16.3. The summed E-state index contributed by atoms with van der Waals surface area (Å²) in [6.45, 7) is 2.72. The fourth-order valence-corrected chi connectivity index (χ4v) is 2.00. The van der Waals surface area contributed by atoms with Crippen molar-refractivity contribution < 1.29 is 15.0 Å². The Morgan fingerprint density at radius 3 is 2.40 bits per heavy atom. The van der Waals surface area contributed by atoms with Gasteiger partial charge in [0.05, 0.1) is 18.2 Å². The third kappa shape index (κ3) is 2.28. The van der Waals surface area contributed by atoms with Crippen LogP contribution in [0.1, 0.15) is 0 Å². The van der Waals surface area contributed by atoms with Crippen LogP contribution < -0.4 is 10.6 Å². The molecule has 15 heavy (non-hydrogen) atoms. The maximum Gasteiger partial charge on any atom is 0.241 e. The van der Waals surface area contributed by atoms with Gasteiger partial charge in [0, 0.05) is 32.7 Å². The first-order chi connectivity index (χ1) is 7.18. The number of piperazine rings is 1. The van der Waals surface area contributed by atoms with Gasteiger partial charge in [0.15, 0.2) is 0 Å². The lowest BCUT2D eigenvalue weighted by atomic mass is 10.2. The molecule has 0 saturated carbocycles. The van der Waals surface area contributed by atoms with Crippen molar-refractivity contribution in [3.05, 3.63) is 0 Å². The second kappa shape index (κ2) is 4.44. The Morgan fingerprint density at radius 2 is 1.87 bits per heavy atom. The molecule has 0 aliphatic carbocycles. The van der Waals surface area contributed by atoms with E-state index in [0.717, 1.165) is 13.1 Å². The quantitative estimate of drug-likeness (QED) is 0.377. The third-order valence-electron chi connectivity index (χ3n) is 2.91. The Balaban J connectivity index is 1.90. The molecule has 2 aliphatic heterocycles. The molecule has 86 valence electrons. The standard InChI is InChI=1S/C9H17N3O3/c13-7-4-12(5-8(7)14)9(15)6-3-10-1-2-11-6/h6-8,10-11,13-14H,1-5H2. The van der Waals surface area contributed by atoms with Crippen LogP contribution in [0.5, 0.6) is 0 Å². The van der Waals surface area contributed by atoms with Crippen molar-refractivity contribution in [3.8, 4) is 0 Å². The number of amides is 1. The molecule has 0 aromatic rings. The van der Waals surface area contributed by atoms with Crippen molar-refractivity contribution in [2.75, 3.05) is 32.7 Å². The Morgan fingerprint density at radius 1 is 1.20 bits per heavy atom. The molecule has 2 saturated heterocycles. The Hall–Kier alpha value is -0.690. The van der Waals surface area contributed by atoms with Gasteiger partial charge in [-0.1, -0.05) is 0 Å². The Labute approximate surface area is 88.3 Å². The minimum absolute atomic E-state index is 0.0437. The third-order valence-corrected chi connectivity index (χ3v) is 2.91. The predicted molar refractivity (Wildman–Crippen MR) is 53.3 cm³/mol. The highest BCUT2D eigenvalue weighted by Gasteiger charge is 2.35. The minimum Gasteiger partial charge on any atom is -0.388 e. The number of rotatable bonds is 1. The number of aliphatic hydroxyl groups excluding tert-OH is 2. The monoisotopic (exact) mass is 215 g/mol. The van der Waals surface area contributed by atoms with E-state index < -0.39 is 12.2 Å². The SMILES string of the molecule is O=C(C1CNCCN1)N1CC(O)C(O)C1. The van der Waals surface area contributed by atoms with Crippen molar-refractivity contribution in [2.24, 2.45) is 0 Å². The molecule has 4 N–H and O–H groups in total. The van der Waals surface area contributed by atoms with E-state index in [2.05, 4.69) is 10.6 Å². The van der Waals surface area contributed by atoms with Crippen molar-refractivity contribution in [1.29, 1.82) is 0 Å². The highest BCUT2D eigenvalue weighted by Crippen LogP contribution is 2.11. The zero-order valence-corrected chi connectivity index (χ0v) is 8.52. The summed E-state index contributed by atoms with van der Waals surface area (Å²) in [6, 6.07) is -0.226. The van der Waals surface area contributed by atoms with E-state index in [4.69, 9.17) is 0 Å². The zero-order valence-electron chi connectivity index (χ0n) is 8.52. The van der Waals surface area contributed by atoms with Crippen molar-refractivity contribution >= 4 is 5.91 Å². The number of carbonyl (C=O) groups excluding carboxylic acids is 1. The summed E-state index contributed by atoms with van der Waals surface area (Å²) in [5.41, 5.74) is 0. The van der Waals surface area contributed by atoms with Gasteiger partial charge in [-0.15, -0.1) is 0 Å². The Bertz CT molecular complexity index is 233. The van der Waals surface area contributed by atoms with Crippen LogP contribution >= 0.6 is 0 Å². The molecule has 0 bridgehead atoms. The first-order valence-corrected chi connectivity index (χ1v) is 5.27. The van der Waals surface area contributed by atoms with E-state index in [1.165, 1.54) is 4.90 Å². The van der Waals surface area contributed by atoms with Gasteiger partial charge in [-0.25, -0.2) is 0 Å². The zero-order chi connectivity index (χ0) is 10.8. The van der Waals surface area contributed by atoms with Crippen LogP contribution in [-0.2, 0) is 4.79 Å². The van der Waals surface area contributed by atoms with Crippen LogP contribution in [0.4, 0.5) is 0 Å². The second-order valence-corrected chi connectivity index (χ2v) is 4.09. The number of aliphatic hydroxyl groups is 2. The molecule has 2 fully saturated rings. The minimum atomic E-state index is -0.800. The summed E-state index contributed by atoms with van der Waals surface area (Å²) >= 11 is 0. The van der Waals surface area contributed by atoms with E-state index in [-0.39, 0.29) is 25.0 Å². The van der Waals surface area contributed by atoms with Crippen molar-refractivity contribution in [3.63, 3.8) is 0 Å². The van der Waals surface area contributed by atoms with Gasteiger partial charge in [0.2, 0.25) is 5.91 Å². The number of nitrogens with zero attached hydrogens (tertiary/aromatic N) is 1. The average Bonchev–Trinajstić information content (AvgIpc) is 2.59. The number of β-amino-alcohol motifs (C(OH)–C–C–N with tert-alkyl or cyclic N) is 2. The van der Waals surface area contributed by atoms with Gasteiger partial charge < -0.3 is 25.7 Å². The molecular weight excluding hydrogens is 198 g/mol. The maximum atomic E-state index is 11.9. The normalized spacial score (nSPS) is 36.9. The number of hydrogen-bond acceptors (Lipinski definition) is 5. The van der Waals surface area contributed by atoms with Crippen LogP contribution in [-0.4, -0.2) is 72.0 Å². The van der Waals surface area contributed by atoms with Gasteiger partial charge >= 0.3 is 0 Å². The molecule has 1 amide bonds. The lowest BCUT2D eigenvalue weighted by Crippen LogP contribution is -2.56. The van der Waals surface area contributed by atoms with Crippen LogP contribution in [0.25, 0.3) is 0 Å². The first-order valence-electron chi connectivity index (χ1n) is 5.27. The molecule has 6 heteroatoms. The smallest absolute Gasteiger partial charge is 0.241 e. The van der Waals surface area contributed by atoms with Crippen molar-refractivity contribution in [1.82, 2.24) is 15.5 Å². The van der Waals surface area contributed by atoms with Gasteiger partial charge in [0.1, 0.15) is 0 Å². The molecule has 0 aromatic carbocycles. The van der Waals surface area contributed by atoms with Gasteiger partial charge in [-0.3, -0.25) is 4.79 Å². The van der Waals surface area contributed by atoms with E-state index in [1.807, 2.05) is 0 Å². The van der Waals surface area contributed by atoms with Gasteiger partial charge in [-0.2, -0.15) is 0 Å². The molecule has 2 rings (SSSR count). The Kier molecular flexibility index (Phi) is 3.20. The summed E-state index contributed by atoms with van der Waals surface area (Å²) in [4.78, 5) is 13.4. The van der Waals surface area contributed by atoms with Crippen LogP contribution in [0, 0.1) is 0 Å². The van der Waals surface area contributed by atoms with E-state index in [9.17, 15) is 15.0 Å². The number of likely N-dealkylation sites (tertiary alicyclic amines) is 1. The summed E-state index contributed by atoms with van der Waals surface area (Å²) < 4.78 is 0. The van der Waals surface area contributed by atoms with Crippen LogP contribution in [0.3, 0.4) is 0 Å². The van der Waals surface area contributed by atoms with Gasteiger partial charge in [-0.05, 0) is 0 Å². The molecule has 6 nitrogen and oxygen atoms in total. The number of carbonyl (C=O) groups is 1. The maximum absolute atomic E-state index is 11.9. The van der Waals surface area contributed by atoms with E-state index >= 15 is 0 Å². The van der Waals surface area contributed by atoms with Gasteiger partial charge in [0.25, 0.3) is 0 Å². The molecule has 2 aliphatic rings. The fraction of sp³-hybridized carbons (Fsp3) is 0.889. The molecule has 3 atom stereocenters. The summed E-state index contributed by atoms with van der Waals surface area (Å²) in [5.74, 6) is -0.0437. The molecule has 2 heterocycles. The number of nitrogens with one attached hydrogen (secondary N) is 2. The molecular formula is C9H17N3O3. The lowest BCUT2D eigenvalue weighted by molar-refractivity contribution is -0.133. The summed E-state index contributed by atoms with van der Waals surface area (Å²) in [7, 11) is 0. The molecule has 3 unspecified atom stereocenters. The van der Waals surface area contributed by atoms with Crippen molar-refractivity contribution in [2.45, 2.75) is 18.2 Å². The lowest BCUT2D eigenvalue weighted by Gasteiger charge is -2.27. The molecule has 0 aromatic heterocycles.